The summed E-state index contributed by atoms with van der Waals surface area (Å²) in [6, 6.07) is 12.8. The molecule has 0 unspecified atom stereocenters. The molecule has 0 radical (unpaired) electrons. The van der Waals surface area contributed by atoms with Crippen molar-refractivity contribution in [1.82, 2.24) is 0 Å². The molecule has 0 atom stereocenters. The zero-order chi connectivity index (χ0) is 21.4. The predicted octanol–water partition coefficient (Wildman–Crippen LogP) is 6.33. The Morgan fingerprint density at radius 2 is 1.55 bits per heavy atom. The number of aryl methyl sites for hydroxylation is 1. The lowest BCUT2D eigenvalue weighted by atomic mass is 9.67. The molecule has 0 saturated heterocycles. The van der Waals surface area contributed by atoms with Crippen molar-refractivity contribution in [2.75, 3.05) is 0 Å². The number of hydrogen-bond acceptors (Lipinski definition) is 3. The number of allylic oxidation sites excluding steroid dienone is 2. The van der Waals surface area contributed by atoms with Crippen LogP contribution in [-0.2, 0) is 22.1 Å². The number of rotatable bonds is 5. The molecule has 0 aliphatic heterocycles. The number of fused-ring (bicyclic) bond motifs is 1. The van der Waals surface area contributed by atoms with Gasteiger partial charge in [0.15, 0.2) is 0 Å². The van der Waals surface area contributed by atoms with Gasteiger partial charge in [0.05, 0.1) is 6.42 Å². The van der Waals surface area contributed by atoms with Crippen LogP contribution in [0.3, 0.4) is 0 Å². The fourth-order valence-corrected chi connectivity index (χ4v) is 3.97. The Morgan fingerprint density at radius 1 is 1.00 bits per heavy atom. The van der Waals surface area contributed by atoms with Crippen LogP contribution in [0.1, 0.15) is 61.1 Å². The highest BCUT2D eigenvalue weighted by Gasteiger charge is 2.33. The van der Waals surface area contributed by atoms with E-state index in [-0.39, 0.29) is 16.7 Å². The van der Waals surface area contributed by atoms with Crippen LogP contribution in [0.5, 0.6) is 0 Å². The van der Waals surface area contributed by atoms with Crippen LogP contribution < -0.4 is 0 Å². The van der Waals surface area contributed by atoms with Crippen LogP contribution in [0, 0.1) is 12.3 Å². The molecule has 1 N–H and O–H groups in total. The number of benzene rings is 2. The van der Waals surface area contributed by atoms with Crippen molar-refractivity contribution in [3.63, 3.8) is 0 Å². The van der Waals surface area contributed by atoms with E-state index in [1.54, 1.807) is 0 Å². The molecule has 0 spiro atoms. The van der Waals surface area contributed by atoms with Gasteiger partial charge in [-0.05, 0) is 51.9 Å². The fourth-order valence-electron chi connectivity index (χ4n) is 3.97. The second-order valence-corrected chi connectivity index (χ2v) is 8.99. The molecule has 3 rings (SSSR count). The summed E-state index contributed by atoms with van der Waals surface area (Å²) < 4.78 is 0. The first-order valence-corrected chi connectivity index (χ1v) is 9.90. The highest BCUT2D eigenvalue weighted by atomic mass is 16.6. The second kappa shape index (κ2) is 7.47. The predicted molar refractivity (Wildman–Crippen MR) is 123 cm³/mol. The monoisotopic (exact) mass is 386 g/mol. The quantitative estimate of drug-likeness (QED) is 0.277. The van der Waals surface area contributed by atoms with E-state index in [1.807, 2.05) is 12.1 Å². The minimum atomic E-state index is -0.00299. The average Bonchev–Trinajstić information content (AvgIpc) is 2.65. The smallest absolute Gasteiger partial charge is 0.221 e. The second-order valence-electron chi connectivity index (χ2n) is 8.99. The molecule has 0 aromatic heterocycles. The zero-order valence-corrected chi connectivity index (χ0v) is 18.1. The number of oxime groups is 1. The Hall–Kier alpha value is -2.94. The number of nitrogens with one attached hydrogen (secondary N) is 1. The molecule has 1 aliphatic rings. The lowest BCUT2D eigenvalue weighted by Gasteiger charge is -2.37. The Kier molecular flexibility index (Phi) is 5.36. The third-order valence-electron chi connectivity index (χ3n) is 5.84. The Labute approximate surface area is 174 Å². The van der Waals surface area contributed by atoms with Crippen molar-refractivity contribution in [1.29, 1.82) is 5.41 Å². The molecule has 2 aromatic rings. The Bertz CT molecular complexity index is 1010. The van der Waals surface area contributed by atoms with Gasteiger partial charge in [-0.15, -0.1) is 0 Å². The van der Waals surface area contributed by atoms with Crippen molar-refractivity contribution in [3.8, 4) is 0 Å². The molecule has 0 bridgehead atoms. The Morgan fingerprint density at radius 3 is 2.10 bits per heavy atom. The van der Waals surface area contributed by atoms with E-state index in [0.717, 1.165) is 16.7 Å². The van der Waals surface area contributed by atoms with Gasteiger partial charge in [0.25, 0.3) is 0 Å². The van der Waals surface area contributed by atoms with Crippen LogP contribution in [0.25, 0.3) is 5.57 Å². The maximum Gasteiger partial charge on any atom is 0.221 e. The summed E-state index contributed by atoms with van der Waals surface area (Å²) >= 11 is 0. The SMILES string of the molecule is C=NOC(=N)Cc1ccc(C(=C)c2cc3c(cc2C)C(C)(C)C=CC3(C)C)cc1. The lowest BCUT2D eigenvalue weighted by molar-refractivity contribution is 0.321. The molecule has 0 saturated carbocycles. The van der Waals surface area contributed by atoms with Crippen molar-refractivity contribution in [3.05, 3.63) is 88.5 Å². The van der Waals surface area contributed by atoms with Gasteiger partial charge < -0.3 is 4.84 Å². The van der Waals surface area contributed by atoms with E-state index in [4.69, 9.17) is 10.2 Å². The van der Waals surface area contributed by atoms with Crippen molar-refractivity contribution < 1.29 is 4.84 Å². The molecule has 3 heteroatoms. The van der Waals surface area contributed by atoms with Crippen LogP contribution >= 0.6 is 0 Å². The van der Waals surface area contributed by atoms with E-state index >= 15 is 0 Å². The first kappa shape index (κ1) is 20.8. The maximum atomic E-state index is 7.71. The minimum Gasteiger partial charge on any atom is -0.342 e. The summed E-state index contributed by atoms with van der Waals surface area (Å²) in [7, 11) is 0. The first-order chi connectivity index (χ1) is 13.5. The molecule has 3 nitrogen and oxygen atoms in total. The van der Waals surface area contributed by atoms with Gasteiger partial charge in [-0.3, -0.25) is 5.41 Å². The van der Waals surface area contributed by atoms with Crippen LogP contribution in [0.2, 0.25) is 0 Å². The third kappa shape index (κ3) is 4.09. The highest BCUT2D eigenvalue weighted by Crippen LogP contribution is 2.43. The fraction of sp³-hybridized carbons (Fsp3) is 0.308. The summed E-state index contributed by atoms with van der Waals surface area (Å²) in [5.74, 6) is 0.0787. The van der Waals surface area contributed by atoms with Gasteiger partial charge in [0.1, 0.15) is 0 Å². The van der Waals surface area contributed by atoms with Crippen molar-refractivity contribution >= 4 is 18.2 Å². The van der Waals surface area contributed by atoms with E-state index in [1.165, 1.54) is 22.3 Å². The number of hydrogen-bond donors (Lipinski definition) is 1. The molecule has 29 heavy (non-hydrogen) atoms. The standard InChI is InChI=1S/C26H30N2O/c1-17-14-22-23(26(5,6)13-12-25(22,3)4)16-21(17)18(2)20-10-8-19(9-11-20)15-24(27)29-28-7/h8-14,16,27H,2,7,15H2,1,3-6H3. The molecule has 0 heterocycles. The summed E-state index contributed by atoms with van der Waals surface area (Å²) in [5.41, 5.74) is 8.29. The van der Waals surface area contributed by atoms with Gasteiger partial charge in [0.2, 0.25) is 5.90 Å². The number of nitrogens with zero attached hydrogens (tertiary/aromatic N) is 1. The maximum absolute atomic E-state index is 7.71. The average molecular weight is 387 g/mol. The van der Waals surface area contributed by atoms with Gasteiger partial charge >= 0.3 is 0 Å². The van der Waals surface area contributed by atoms with Gasteiger partial charge in [-0.2, -0.15) is 0 Å². The minimum absolute atomic E-state index is 0.00299. The van der Waals surface area contributed by atoms with Gasteiger partial charge in [-0.25, -0.2) is 0 Å². The topological polar surface area (TPSA) is 45.4 Å². The summed E-state index contributed by atoms with van der Waals surface area (Å²) in [4.78, 5) is 4.77. The van der Waals surface area contributed by atoms with E-state index in [9.17, 15) is 0 Å². The molecule has 150 valence electrons. The van der Waals surface area contributed by atoms with Crippen molar-refractivity contribution in [2.45, 2.75) is 51.9 Å². The first-order valence-electron chi connectivity index (χ1n) is 9.90. The summed E-state index contributed by atoms with van der Waals surface area (Å²) in [6.07, 6.45) is 5.03. The molecule has 2 aromatic carbocycles. The highest BCUT2D eigenvalue weighted by molar-refractivity contribution is 5.81. The van der Waals surface area contributed by atoms with E-state index in [2.05, 4.69) is 89.5 Å². The lowest BCUT2D eigenvalue weighted by Crippen LogP contribution is -2.29. The molecule has 0 fully saturated rings. The Balaban J connectivity index is 1.95. The van der Waals surface area contributed by atoms with Crippen LogP contribution in [0.15, 0.2) is 60.3 Å². The van der Waals surface area contributed by atoms with Crippen LogP contribution in [-0.4, -0.2) is 12.6 Å². The van der Waals surface area contributed by atoms with Gasteiger partial charge in [-0.1, -0.05) is 81.9 Å². The van der Waals surface area contributed by atoms with Crippen molar-refractivity contribution in [2.24, 2.45) is 5.16 Å². The van der Waals surface area contributed by atoms with E-state index in [0.29, 0.717) is 6.42 Å². The van der Waals surface area contributed by atoms with Gasteiger partial charge in [0, 0.05) is 17.5 Å². The molecule has 1 aliphatic carbocycles. The summed E-state index contributed by atoms with van der Waals surface area (Å²) in [5, 5.41) is 11.0. The zero-order valence-electron chi connectivity index (χ0n) is 18.1. The summed E-state index contributed by atoms with van der Waals surface area (Å²) in [6.45, 7) is 18.9. The third-order valence-corrected chi connectivity index (χ3v) is 5.84. The van der Waals surface area contributed by atoms with E-state index < -0.39 is 0 Å². The normalized spacial score (nSPS) is 16.0. The molecular formula is C26H30N2O. The molecular weight excluding hydrogens is 356 g/mol. The largest absolute Gasteiger partial charge is 0.342 e. The molecule has 0 amide bonds. The van der Waals surface area contributed by atoms with Crippen LogP contribution in [0.4, 0.5) is 0 Å².